The number of hydrogen-bond acceptors (Lipinski definition) is 4. The number of nitrogen functional groups attached to an aromatic ring is 1. The topological polar surface area (TPSA) is 63.0 Å². The summed E-state index contributed by atoms with van der Waals surface area (Å²) in [6, 6.07) is 16.4. The first-order valence-electron chi connectivity index (χ1n) is 6.02. The van der Waals surface area contributed by atoms with Gasteiger partial charge in [0.2, 0.25) is 0 Å². The van der Waals surface area contributed by atoms with Crippen molar-refractivity contribution in [3.8, 4) is 0 Å². The summed E-state index contributed by atoms with van der Waals surface area (Å²) in [5.41, 5.74) is 3.85. The van der Waals surface area contributed by atoms with E-state index < -0.39 is 0 Å². The number of hydrazine groups is 1. The summed E-state index contributed by atoms with van der Waals surface area (Å²) >= 11 is 0. The third-order valence-corrected chi connectivity index (χ3v) is 2.68. The standard InChI is InChI=1S/C14H18N4/c1-11(10-12-6-3-2-4-7-12)16-13-8-5-9-14(17-13)18-15/h2-9,11H,10,15H2,1H3,(H2,16,17,18). The summed E-state index contributed by atoms with van der Waals surface area (Å²) in [7, 11) is 0. The van der Waals surface area contributed by atoms with Gasteiger partial charge in [0.15, 0.2) is 0 Å². The van der Waals surface area contributed by atoms with Gasteiger partial charge in [0, 0.05) is 6.04 Å². The molecule has 1 aromatic carbocycles. The minimum absolute atomic E-state index is 0.313. The molecule has 0 amide bonds. The van der Waals surface area contributed by atoms with E-state index in [9.17, 15) is 0 Å². The number of aromatic nitrogens is 1. The van der Waals surface area contributed by atoms with Crippen LogP contribution in [-0.4, -0.2) is 11.0 Å². The van der Waals surface area contributed by atoms with Gasteiger partial charge in [-0.05, 0) is 31.0 Å². The summed E-state index contributed by atoms with van der Waals surface area (Å²) in [5, 5.41) is 3.36. The van der Waals surface area contributed by atoms with Gasteiger partial charge in [-0.1, -0.05) is 36.4 Å². The van der Waals surface area contributed by atoms with E-state index in [1.165, 1.54) is 5.56 Å². The number of nitrogens with two attached hydrogens (primary N) is 1. The Morgan fingerprint density at radius 3 is 2.50 bits per heavy atom. The summed E-state index contributed by atoms with van der Waals surface area (Å²) < 4.78 is 0. The molecule has 4 N–H and O–H groups in total. The minimum atomic E-state index is 0.313. The quantitative estimate of drug-likeness (QED) is 0.556. The Morgan fingerprint density at radius 2 is 1.78 bits per heavy atom. The molecule has 0 aliphatic heterocycles. The van der Waals surface area contributed by atoms with Gasteiger partial charge in [0.05, 0.1) is 0 Å². The number of hydrogen-bond donors (Lipinski definition) is 3. The number of nitrogens with zero attached hydrogens (tertiary/aromatic N) is 1. The van der Waals surface area contributed by atoms with Crippen molar-refractivity contribution in [1.82, 2.24) is 4.98 Å². The summed E-state index contributed by atoms with van der Waals surface area (Å²) in [5.74, 6) is 6.82. The van der Waals surface area contributed by atoms with Gasteiger partial charge in [-0.15, -0.1) is 0 Å². The Hall–Kier alpha value is -2.07. The predicted octanol–water partition coefficient (Wildman–Crippen LogP) is 2.41. The summed E-state index contributed by atoms with van der Waals surface area (Å²) in [6.07, 6.45) is 0.961. The number of nitrogens with one attached hydrogen (secondary N) is 2. The Balaban J connectivity index is 1.96. The van der Waals surface area contributed by atoms with Crippen LogP contribution < -0.4 is 16.6 Å². The average molecular weight is 242 g/mol. The predicted molar refractivity (Wildman–Crippen MR) is 75.3 cm³/mol. The zero-order valence-electron chi connectivity index (χ0n) is 10.4. The fraction of sp³-hybridized carbons (Fsp3) is 0.214. The fourth-order valence-corrected chi connectivity index (χ4v) is 1.87. The van der Waals surface area contributed by atoms with Crippen LogP contribution >= 0.6 is 0 Å². The molecule has 0 aliphatic carbocycles. The molecule has 1 aromatic heterocycles. The van der Waals surface area contributed by atoms with Crippen LogP contribution in [0.3, 0.4) is 0 Å². The van der Waals surface area contributed by atoms with Crippen molar-refractivity contribution in [2.45, 2.75) is 19.4 Å². The van der Waals surface area contributed by atoms with Gasteiger partial charge in [-0.3, -0.25) is 0 Å². The third-order valence-electron chi connectivity index (χ3n) is 2.68. The van der Waals surface area contributed by atoms with E-state index in [1.54, 1.807) is 0 Å². The average Bonchev–Trinajstić information content (AvgIpc) is 2.40. The van der Waals surface area contributed by atoms with Crippen LogP contribution in [0.25, 0.3) is 0 Å². The lowest BCUT2D eigenvalue weighted by Gasteiger charge is -2.15. The van der Waals surface area contributed by atoms with Crippen molar-refractivity contribution >= 4 is 11.6 Å². The number of rotatable bonds is 5. The van der Waals surface area contributed by atoms with Gasteiger partial charge in [-0.2, -0.15) is 0 Å². The second-order valence-corrected chi connectivity index (χ2v) is 4.29. The normalized spacial score (nSPS) is 11.9. The monoisotopic (exact) mass is 242 g/mol. The Kier molecular flexibility index (Phi) is 4.15. The molecule has 2 aromatic rings. The zero-order valence-corrected chi connectivity index (χ0v) is 10.4. The summed E-state index contributed by atoms with van der Waals surface area (Å²) in [4.78, 5) is 4.33. The lowest BCUT2D eigenvalue weighted by atomic mass is 10.1. The lowest BCUT2D eigenvalue weighted by Crippen LogP contribution is -2.19. The van der Waals surface area contributed by atoms with Crippen molar-refractivity contribution in [3.05, 3.63) is 54.1 Å². The van der Waals surface area contributed by atoms with Crippen LogP contribution in [0.15, 0.2) is 48.5 Å². The molecule has 1 unspecified atom stereocenters. The van der Waals surface area contributed by atoms with Gasteiger partial charge in [0.25, 0.3) is 0 Å². The first kappa shape index (κ1) is 12.4. The van der Waals surface area contributed by atoms with E-state index in [4.69, 9.17) is 5.84 Å². The van der Waals surface area contributed by atoms with E-state index in [-0.39, 0.29) is 0 Å². The first-order valence-corrected chi connectivity index (χ1v) is 6.02. The molecule has 0 bridgehead atoms. The molecule has 1 atom stereocenters. The maximum atomic E-state index is 5.33. The van der Waals surface area contributed by atoms with Crippen molar-refractivity contribution in [2.24, 2.45) is 5.84 Å². The molecular formula is C14H18N4. The van der Waals surface area contributed by atoms with Gasteiger partial charge < -0.3 is 10.7 Å². The largest absolute Gasteiger partial charge is 0.367 e. The second kappa shape index (κ2) is 6.02. The molecular weight excluding hydrogens is 224 g/mol. The van der Waals surface area contributed by atoms with E-state index in [0.717, 1.165) is 12.2 Å². The van der Waals surface area contributed by atoms with Crippen LogP contribution in [0.2, 0.25) is 0 Å². The van der Waals surface area contributed by atoms with Crippen LogP contribution in [0.5, 0.6) is 0 Å². The van der Waals surface area contributed by atoms with Crippen molar-refractivity contribution < 1.29 is 0 Å². The molecule has 0 fully saturated rings. The fourth-order valence-electron chi connectivity index (χ4n) is 1.87. The van der Waals surface area contributed by atoms with Crippen LogP contribution in [0.4, 0.5) is 11.6 Å². The highest BCUT2D eigenvalue weighted by Crippen LogP contribution is 2.11. The third kappa shape index (κ3) is 3.46. The minimum Gasteiger partial charge on any atom is -0.367 e. The van der Waals surface area contributed by atoms with Gasteiger partial charge in [0.1, 0.15) is 11.6 Å². The zero-order chi connectivity index (χ0) is 12.8. The van der Waals surface area contributed by atoms with E-state index in [2.05, 4.69) is 46.9 Å². The highest BCUT2D eigenvalue weighted by molar-refractivity contribution is 5.45. The number of benzene rings is 1. The molecule has 4 nitrogen and oxygen atoms in total. The van der Waals surface area contributed by atoms with Crippen molar-refractivity contribution in [1.29, 1.82) is 0 Å². The van der Waals surface area contributed by atoms with Crippen molar-refractivity contribution in [3.63, 3.8) is 0 Å². The molecule has 0 radical (unpaired) electrons. The molecule has 0 aliphatic rings. The summed E-state index contributed by atoms with van der Waals surface area (Å²) in [6.45, 7) is 2.14. The molecule has 94 valence electrons. The Morgan fingerprint density at radius 1 is 1.06 bits per heavy atom. The first-order chi connectivity index (χ1) is 8.78. The molecule has 4 heteroatoms. The molecule has 1 heterocycles. The Bertz CT molecular complexity index is 484. The lowest BCUT2D eigenvalue weighted by molar-refractivity contribution is 0.785. The van der Waals surface area contributed by atoms with E-state index in [0.29, 0.717) is 11.9 Å². The molecule has 0 saturated carbocycles. The maximum absolute atomic E-state index is 5.33. The van der Waals surface area contributed by atoms with E-state index >= 15 is 0 Å². The number of pyridine rings is 1. The molecule has 2 rings (SSSR count). The molecule has 0 saturated heterocycles. The van der Waals surface area contributed by atoms with Gasteiger partial charge >= 0.3 is 0 Å². The van der Waals surface area contributed by atoms with Crippen molar-refractivity contribution in [2.75, 3.05) is 10.7 Å². The number of anilines is 2. The highest BCUT2D eigenvalue weighted by atomic mass is 15.3. The SMILES string of the molecule is CC(Cc1ccccc1)Nc1cccc(NN)n1. The van der Waals surface area contributed by atoms with Crippen LogP contribution in [0, 0.1) is 0 Å². The van der Waals surface area contributed by atoms with Crippen LogP contribution in [0.1, 0.15) is 12.5 Å². The molecule has 18 heavy (non-hydrogen) atoms. The molecule has 0 spiro atoms. The maximum Gasteiger partial charge on any atom is 0.142 e. The van der Waals surface area contributed by atoms with Gasteiger partial charge in [-0.25, -0.2) is 10.8 Å². The van der Waals surface area contributed by atoms with Crippen LogP contribution in [-0.2, 0) is 6.42 Å². The smallest absolute Gasteiger partial charge is 0.142 e. The van der Waals surface area contributed by atoms with E-state index in [1.807, 2.05) is 24.3 Å². The second-order valence-electron chi connectivity index (χ2n) is 4.29. The highest BCUT2D eigenvalue weighted by Gasteiger charge is 2.04. The Labute approximate surface area is 107 Å².